The summed E-state index contributed by atoms with van der Waals surface area (Å²) in [6.45, 7) is 0.365. The Hall–Kier alpha value is -1.93. The van der Waals surface area contributed by atoms with Crippen molar-refractivity contribution < 1.29 is 18.0 Å². The van der Waals surface area contributed by atoms with Crippen LogP contribution in [0.2, 0.25) is 5.02 Å². The van der Waals surface area contributed by atoms with Gasteiger partial charge >= 0.3 is 0 Å². The molecule has 0 N–H and O–H groups in total. The zero-order valence-electron chi connectivity index (χ0n) is 14.4. The van der Waals surface area contributed by atoms with Gasteiger partial charge in [0, 0.05) is 31.5 Å². The van der Waals surface area contributed by atoms with E-state index in [1.807, 2.05) is 12.1 Å². The summed E-state index contributed by atoms with van der Waals surface area (Å²) in [5.74, 6) is -0.554. The first-order valence-corrected chi connectivity index (χ1v) is 10.5. The van der Waals surface area contributed by atoms with Gasteiger partial charge in [0.15, 0.2) is 9.84 Å². The lowest BCUT2D eigenvalue weighted by atomic mass is 10.1. The molecule has 0 saturated carbocycles. The van der Waals surface area contributed by atoms with Crippen LogP contribution in [0.5, 0.6) is 0 Å². The van der Waals surface area contributed by atoms with E-state index >= 15 is 0 Å². The number of rotatable bonds is 4. The highest BCUT2D eigenvalue weighted by molar-refractivity contribution is 7.91. The van der Waals surface area contributed by atoms with Gasteiger partial charge in [0.05, 0.1) is 17.5 Å². The molecule has 1 saturated heterocycles. The number of hydrazone groups is 1. The van der Waals surface area contributed by atoms with Crippen molar-refractivity contribution in [2.45, 2.75) is 31.8 Å². The van der Waals surface area contributed by atoms with E-state index in [-0.39, 0.29) is 41.9 Å². The molecule has 0 radical (unpaired) electrons. The summed E-state index contributed by atoms with van der Waals surface area (Å²) in [6.07, 6.45) is 0.775. The second-order valence-electron chi connectivity index (χ2n) is 6.63. The van der Waals surface area contributed by atoms with Crippen molar-refractivity contribution in [3.8, 4) is 0 Å². The SMILES string of the molecule is CN(Cc1cccc(Cl)c1)C(=O)C1=NN([C@@H]2CCS(=O)(=O)C2)C(=O)CC1. The summed E-state index contributed by atoms with van der Waals surface area (Å²) in [4.78, 5) is 26.3. The van der Waals surface area contributed by atoms with Crippen molar-refractivity contribution in [1.82, 2.24) is 9.91 Å². The number of hydrogen-bond acceptors (Lipinski definition) is 5. The maximum Gasteiger partial charge on any atom is 0.270 e. The van der Waals surface area contributed by atoms with Gasteiger partial charge in [-0.1, -0.05) is 23.7 Å². The smallest absolute Gasteiger partial charge is 0.270 e. The first-order chi connectivity index (χ1) is 12.2. The topological polar surface area (TPSA) is 87.1 Å². The molecule has 9 heteroatoms. The van der Waals surface area contributed by atoms with Gasteiger partial charge in [0.1, 0.15) is 5.71 Å². The molecule has 1 fully saturated rings. The monoisotopic (exact) mass is 397 g/mol. The fourth-order valence-electron chi connectivity index (χ4n) is 3.18. The molecular weight excluding hydrogens is 378 g/mol. The number of hydrogen-bond donors (Lipinski definition) is 0. The molecule has 2 aliphatic rings. The third-order valence-corrected chi connectivity index (χ3v) is 6.50. The van der Waals surface area contributed by atoms with Gasteiger partial charge in [-0.05, 0) is 24.1 Å². The predicted molar refractivity (Wildman–Crippen MR) is 98.5 cm³/mol. The lowest BCUT2D eigenvalue weighted by molar-refractivity contribution is -0.134. The highest BCUT2D eigenvalue weighted by atomic mass is 35.5. The molecule has 1 aromatic carbocycles. The van der Waals surface area contributed by atoms with E-state index in [4.69, 9.17) is 11.6 Å². The third kappa shape index (κ3) is 4.24. The highest BCUT2D eigenvalue weighted by Gasteiger charge is 2.37. The molecule has 2 amide bonds. The minimum atomic E-state index is -3.14. The van der Waals surface area contributed by atoms with Gasteiger partial charge in [-0.3, -0.25) is 9.59 Å². The third-order valence-electron chi connectivity index (χ3n) is 4.52. The Bertz CT molecular complexity index is 869. The molecule has 0 aliphatic carbocycles. The van der Waals surface area contributed by atoms with E-state index in [9.17, 15) is 18.0 Å². The fraction of sp³-hybridized carbons (Fsp3) is 0.471. The van der Waals surface area contributed by atoms with Crippen LogP contribution >= 0.6 is 11.6 Å². The quantitative estimate of drug-likeness (QED) is 0.769. The van der Waals surface area contributed by atoms with Crippen LogP contribution in [-0.2, 0) is 26.0 Å². The second-order valence-corrected chi connectivity index (χ2v) is 9.30. The van der Waals surface area contributed by atoms with Crippen LogP contribution in [0.15, 0.2) is 29.4 Å². The largest absolute Gasteiger partial charge is 0.336 e. The molecule has 0 aromatic heterocycles. The first-order valence-electron chi connectivity index (χ1n) is 8.35. The van der Waals surface area contributed by atoms with E-state index < -0.39 is 15.9 Å². The van der Waals surface area contributed by atoms with E-state index in [0.717, 1.165) is 5.56 Å². The number of halogens is 1. The zero-order valence-corrected chi connectivity index (χ0v) is 16.0. The molecule has 26 heavy (non-hydrogen) atoms. The van der Waals surface area contributed by atoms with E-state index in [2.05, 4.69) is 5.10 Å². The molecule has 0 bridgehead atoms. The average molecular weight is 398 g/mol. The van der Waals surface area contributed by atoms with Gasteiger partial charge in [-0.15, -0.1) is 0 Å². The minimum absolute atomic E-state index is 0.0505. The van der Waals surface area contributed by atoms with Gasteiger partial charge in [0.2, 0.25) is 5.91 Å². The summed E-state index contributed by atoms with van der Waals surface area (Å²) in [6, 6.07) is 6.76. The maximum atomic E-state index is 12.7. The number of benzene rings is 1. The van der Waals surface area contributed by atoms with Crippen LogP contribution in [0.4, 0.5) is 0 Å². The average Bonchev–Trinajstić information content (AvgIpc) is 2.94. The molecule has 2 heterocycles. The van der Waals surface area contributed by atoms with E-state index in [1.165, 1.54) is 9.91 Å². The van der Waals surface area contributed by atoms with Gasteiger partial charge in [-0.25, -0.2) is 13.4 Å². The lowest BCUT2D eigenvalue weighted by Gasteiger charge is -2.29. The standard InChI is InChI=1S/C17H20ClN3O4S/c1-20(10-12-3-2-4-13(18)9-12)17(23)15-5-6-16(22)21(19-15)14-7-8-26(24,25)11-14/h2-4,9,14H,5-8,10-11H2,1H3/t14-/m1/s1. The molecule has 3 rings (SSSR count). The molecule has 0 spiro atoms. The van der Waals surface area contributed by atoms with E-state index in [1.54, 1.807) is 19.2 Å². The Morgan fingerprint density at radius 3 is 2.81 bits per heavy atom. The Morgan fingerprint density at radius 2 is 2.15 bits per heavy atom. The molecule has 1 aromatic rings. The zero-order chi connectivity index (χ0) is 18.9. The summed E-state index contributed by atoms with van der Waals surface area (Å²) >= 11 is 5.97. The van der Waals surface area contributed by atoms with Gasteiger partial charge in [-0.2, -0.15) is 5.10 Å². The normalized spacial score (nSPS) is 22.2. The highest BCUT2D eigenvalue weighted by Crippen LogP contribution is 2.22. The van der Waals surface area contributed by atoms with Crippen LogP contribution in [0.3, 0.4) is 0 Å². The van der Waals surface area contributed by atoms with E-state index in [0.29, 0.717) is 18.0 Å². The van der Waals surface area contributed by atoms with Crippen molar-refractivity contribution in [2.24, 2.45) is 5.10 Å². The Morgan fingerprint density at radius 1 is 1.38 bits per heavy atom. The minimum Gasteiger partial charge on any atom is -0.336 e. The maximum absolute atomic E-state index is 12.7. The van der Waals surface area contributed by atoms with Crippen LogP contribution < -0.4 is 0 Å². The van der Waals surface area contributed by atoms with Gasteiger partial charge in [0.25, 0.3) is 5.91 Å². The van der Waals surface area contributed by atoms with Crippen molar-refractivity contribution in [3.05, 3.63) is 34.9 Å². The summed E-state index contributed by atoms with van der Waals surface area (Å²) in [5, 5.41) is 6.01. The Labute approximate surface area is 157 Å². The Kier molecular flexibility index (Phi) is 5.34. The second kappa shape index (κ2) is 7.36. The number of carbonyl (C=O) groups excluding carboxylic acids is 2. The molecule has 140 valence electrons. The summed E-state index contributed by atoms with van der Waals surface area (Å²) in [5.41, 5.74) is 1.16. The molecule has 2 aliphatic heterocycles. The lowest BCUT2D eigenvalue weighted by Crippen LogP contribution is -2.44. The summed E-state index contributed by atoms with van der Waals surface area (Å²) < 4.78 is 23.3. The molecular formula is C17H20ClN3O4S. The van der Waals surface area contributed by atoms with Crippen LogP contribution in [0.25, 0.3) is 0 Å². The van der Waals surface area contributed by atoms with Crippen molar-refractivity contribution in [2.75, 3.05) is 18.6 Å². The van der Waals surface area contributed by atoms with Crippen LogP contribution in [-0.4, -0.2) is 60.4 Å². The summed E-state index contributed by atoms with van der Waals surface area (Å²) in [7, 11) is -1.48. The number of nitrogens with zero attached hydrogens (tertiary/aromatic N) is 3. The first kappa shape index (κ1) is 18.8. The number of amides is 2. The van der Waals surface area contributed by atoms with Crippen molar-refractivity contribution in [1.29, 1.82) is 0 Å². The Balaban J connectivity index is 1.73. The van der Waals surface area contributed by atoms with Crippen molar-refractivity contribution in [3.63, 3.8) is 0 Å². The van der Waals surface area contributed by atoms with Crippen LogP contribution in [0, 0.1) is 0 Å². The molecule has 1 atom stereocenters. The fourth-order valence-corrected chi connectivity index (χ4v) is 5.09. The number of carbonyl (C=O) groups is 2. The predicted octanol–water partition coefficient (Wildman–Crippen LogP) is 1.46. The van der Waals surface area contributed by atoms with Crippen LogP contribution in [0.1, 0.15) is 24.8 Å². The van der Waals surface area contributed by atoms with Gasteiger partial charge < -0.3 is 4.90 Å². The number of sulfone groups is 1. The molecule has 0 unspecified atom stereocenters. The molecule has 7 nitrogen and oxygen atoms in total. The van der Waals surface area contributed by atoms with Crippen molar-refractivity contribution >= 4 is 39.0 Å².